The summed E-state index contributed by atoms with van der Waals surface area (Å²) < 4.78 is 0. The van der Waals surface area contributed by atoms with Crippen LogP contribution in [-0.2, 0) is 20.8 Å². The number of para-hydroxylation sites is 1. The summed E-state index contributed by atoms with van der Waals surface area (Å²) in [5.74, 6) is -1.84. The number of aromatic amines is 1. The molecule has 168 valence electrons. The van der Waals surface area contributed by atoms with E-state index in [4.69, 9.17) is 0 Å². The van der Waals surface area contributed by atoms with Crippen molar-refractivity contribution >= 4 is 28.7 Å². The molecule has 0 saturated carbocycles. The number of fused-ring (bicyclic) bond motifs is 1. The Labute approximate surface area is 182 Å². The molecule has 1 aliphatic rings. The number of aromatic nitrogens is 1. The predicted octanol–water partition coefficient (Wildman–Crippen LogP) is 1.95. The molecule has 1 fully saturated rings. The maximum Gasteiger partial charge on any atom is 0.326 e. The zero-order chi connectivity index (χ0) is 22.6. The molecule has 2 aromatic rings. The maximum atomic E-state index is 13.2. The second-order valence-corrected chi connectivity index (χ2v) is 9.27. The molecule has 0 bridgehead atoms. The molecule has 0 unspecified atom stereocenters. The van der Waals surface area contributed by atoms with E-state index in [9.17, 15) is 19.5 Å². The molecule has 2 amide bonds. The van der Waals surface area contributed by atoms with Crippen LogP contribution in [0.3, 0.4) is 0 Å². The van der Waals surface area contributed by atoms with Crippen LogP contribution in [-0.4, -0.2) is 52.5 Å². The van der Waals surface area contributed by atoms with E-state index in [-0.39, 0.29) is 18.4 Å². The van der Waals surface area contributed by atoms with Crippen LogP contribution in [0.5, 0.6) is 0 Å². The van der Waals surface area contributed by atoms with Crippen molar-refractivity contribution in [1.82, 2.24) is 20.9 Å². The Balaban J connectivity index is 1.83. The number of H-pyrrole nitrogens is 1. The van der Waals surface area contributed by atoms with Crippen LogP contribution in [0.25, 0.3) is 10.9 Å². The van der Waals surface area contributed by atoms with Crippen LogP contribution < -0.4 is 16.0 Å². The van der Waals surface area contributed by atoms with Crippen molar-refractivity contribution in [3.05, 3.63) is 36.0 Å². The van der Waals surface area contributed by atoms with Gasteiger partial charge in [0.1, 0.15) is 12.1 Å². The number of amides is 2. The van der Waals surface area contributed by atoms with Crippen molar-refractivity contribution in [1.29, 1.82) is 0 Å². The Kier molecular flexibility index (Phi) is 7.00. The molecular weight excluding hydrogens is 396 g/mol. The Hall–Kier alpha value is -2.87. The number of carbonyl (C=O) groups excluding carboxylic acids is 2. The zero-order valence-corrected chi connectivity index (χ0v) is 18.3. The molecule has 3 rings (SSSR count). The Morgan fingerprint density at radius 2 is 1.90 bits per heavy atom. The number of hydrogen-bond donors (Lipinski definition) is 5. The zero-order valence-electron chi connectivity index (χ0n) is 18.3. The Bertz CT molecular complexity index is 940. The first kappa shape index (κ1) is 22.8. The summed E-state index contributed by atoms with van der Waals surface area (Å²) >= 11 is 0. The molecule has 8 heteroatoms. The van der Waals surface area contributed by atoms with Crippen molar-refractivity contribution in [3.63, 3.8) is 0 Å². The summed E-state index contributed by atoms with van der Waals surface area (Å²) in [6, 6.07) is 5.43. The summed E-state index contributed by atoms with van der Waals surface area (Å²) in [5.41, 5.74) is 1.15. The molecule has 31 heavy (non-hydrogen) atoms. The molecule has 1 aromatic heterocycles. The molecule has 5 N–H and O–H groups in total. The van der Waals surface area contributed by atoms with Crippen molar-refractivity contribution in [3.8, 4) is 0 Å². The van der Waals surface area contributed by atoms with E-state index in [2.05, 4.69) is 20.9 Å². The summed E-state index contributed by atoms with van der Waals surface area (Å²) in [4.78, 5) is 40.9. The normalized spacial score (nSPS) is 18.9. The number of carbonyl (C=O) groups is 3. The third-order valence-electron chi connectivity index (χ3n) is 5.76. The summed E-state index contributed by atoms with van der Waals surface area (Å²) in [6.45, 7) is 6.03. The van der Waals surface area contributed by atoms with E-state index in [1.165, 1.54) is 0 Å². The van der Waals surface area contributed by atoms with Crippen LogP contribution in [0.2, 0.25) is 0 Å². The van der Waals surface area contributed by atoms with Crippen molar-refractivity contribution in [2.24, 2.45) is 5.41 Å². The molecule has 0 spiro atoms. The molecule has 0 radical (unpaired) electrons. The van der Waals surface area contributed by atoms with Gasteiger partial charge in [0.2, 0.25) is 11.8 Å². The number of carboxylic acids is 1. The number of nitrogens with one attached hydrogen (secondary N) is 4. The van der Waals surface area contributed by atoms with Gasteiger partial charge in [0, 0.05) is 23.5 Å². The quantitative estimate of drug-likeness (QED) is 0.461. The summed E-state index contributed by atoms with van der Waals surface area (Å²) in [7, 11) is 0. The van der Waals surface area contributed by atoms with Gasteiger partial charge in [-0.15, -0.1) is 0 Å². The van der Waals surface area contributed by atoms with Crippen LogP contribution in [0.15, 0.2) is 30.5 Å². The highest BCUT2D eigenvalue weighted by Gasteiger charge is 2.35. The van der Waals surface area contributed by atoms with E-state index >= 15 is 0 Å². The number of piperidine rings is 1. The van der Waals surface area contributed by atoms with Gasteiger partial charge < -0.3 is 26.0 Å². The largest absolute Gasteiger partial charge is 0.480 e. The number of carboxylic acid groups (broad SMARTS) is 1. The minimum absolute atomic E-state index is 0.234. The monoisotopic (exact) mass is 428 g/mol. The highest BCUT2D eigenvalue weighted by Crippen LogP contribution is 2.22. The fraction of sp³-hybridized carbons (Fsp3) is 0.522. The van der Waals surface area contributed by atoms with E-state index in [1.54, 1.807) is 20.8 Å². The topological polar surface area (TPSA) is 123 Å². The third kappa shape index (κ3) is 5.64. The lowest BCUT2D eigenvalue weighted by molar-refractivity contribution is -0.145. The molecule has 0 aliphatic carbocycles. The highest BCUT2D eigenvalue weighted by molar-refractivity contribution is 5.93. The van der Waals surface area contributed by atoms with Gasteiger partial charge in [-0.2, -0.15) is 0 Å². The fourth-order valence-corrected chi connectivity index (χ4v) is 3.97. The standard InChI is InChI=1S/C23H32N4O4/c1-23(2,3)19(22(30)31)27-21(29)18(26-20(28)17-10-6-7-11-24-17)12-14-13-25-16-9-5-4-8-15(14)16/h4-5,8-9,13,17-19,24-25H,6-7,10-12H2,1-3H3,(H,26,28)(H,27,29)(H,30,31)/t17-,18-,19+/m0/s1. The lowest BCUT2D eigenvalue weighted by Gasteiger charge is -2.30. The molecule has 1 saturated heterocycles. The Morgan fingerprint density at radius 3 is 2.55 bits per heavy atom. The van der Waals surface area contributed by atoms with Crippen molar-refractivity contribution in [2.75, 3.05) is 6.54 Å². The van der Waals surface area contributed by atoms with Gasteiger partial charge in [-0.05, 0) is 36.4 Å². The molecule has 2 heterocycles. The lowest BCUT2D eigenvalue weighted by atomic mass is 9.86. The van der Waals surface area contributed by atoms with E-state index in [0.29, 0.717) is 6.42 Å². The smallest absolute Gasteiger partial charge is 0.326 e. The average Bonchev–Trinajstić information content (AvgIpc) is 3.13. The molecule has 3 atom stereocenters. The van der Waals surface area contributed by atoms with E-state index in [0.717, 1.165) is 35.9 Å². The first-order chi connectivity index (χ1) is 14.7. The van der Waals surface area contributed by atoms with E-state index in [1.807, 2.05) is 30.5 Å². The van der Waals surface area contributed by atoms with Gasteiger partial charge >= 0.3 is 5.97 Å². The predicted molar refractivity (Wildman–Crippen MR) is 119 cm³/mol. The average molecular weight is 429 g/mol. The molecule has 1 aliphatic heterocycles. The fourth-order valence-electron chi connectivity index (χ4n) is 3.97. The van der Waals surface area contributed by atoms with Crippen LogP contribution in [0.1, 0.15) is 45.6 Å². The van der Waals surface area contributed by atoms with Crippen LogP contribution in [0, 0.1) is 5.41 Å². The number of benzene rings is 1. The number of aliphatic carboxylic acids is 1. The van der Waals surface area contributed by atoms with Gasteiger partial charge in [0.25, 0.3) is 0 Å². The summed E-state index contributed by atoms with van der Waals surface area (Å²) in [6.07, 6.45) is 4.77. The van der Waals surface area contributed by atoms with Gasteiger partial charge in [-0.1, -0.05) is 45.4 Å². The van der Waals surface area contributed by atoms with Crippen LogP contribution in [0.4, 0.5) is 0 Å². The SMILES string of the molecule is CC(C)(C)[C@H](NC(=O)[C@H](Cc1c[nH]c2ccccc12)NC(=O)[C@@H]1CCCCN1)C(=O)O. The number of hydrogen-bond acceptors (Lipinski definition) is 4. The minimum Gasteiger partial charge on any atom is -0.480 e. The molecule has 1 aromatic carbocycles. The first-order valence-corrected chi connectivity index (χ1v) is 10.8. The van der Waals surface area contributed by atoms with Gasteiger partial charge in [-0.3, -0.25) is 9.59 Å². The lowest BCUT2D eigenvalue weighted by Crippen LogP contribution is -2.58. The van der Waals surface area contributed by atoms with Gasteiger partial charge in [0.15, 0.2) is 0 Å². The highest BCUT2D eigenvalue weighted by atomic mass is 16.4. The minimum atomic E-state index is -1.10. The summed E-state index contributed by atoms with van der Waals surface area (Å²) in [5, 5.41) is 19.3. The Morgan fingerprint density at radius 1 is 1.16 bits per heavy atom. The first-order valence-electron chi connectivity index (χ1n) is 10.8. The second kappa shape index (κ2) is 9.51. The van der Waals surface area contributed by atoms with Gasteiger partial charge in [0.05, 0.1) is 6.04 Å². The van der Waals surface area contributed by atoms with Crippen molar-refractivity contribution in [2.45, 2.75) is 64.6 Å². The second-order valence-electron chi connectivity index (χ2n) is 9.27. The van der Waals surface area contributed by atoms with Crippen LogP contribution >= 0.6 is 0 Å². The third-order valence-corrected chi connectivity index (χ3v) is 5.76. The maximum absolute atomic E-state index is 13.2. The number of rotatable bonds is 7. The molecular formula is C23H32N4O4. The molecule has 8 nitrogen and oxygen atoms in total. The van der Waals surface area contributed by atoms with Gasteiger partial charge in [-0.25, -0.2) is 4.79 Å². The van der Waals surface area contributed by atoms with Crippen molar-refractivity contribution < 1.29 is 19.5 Å². The van der Waals surface area contributed by atoms with E-state index < -0.39 is 29.4 Å².